The number of urea groups is 1. The first-order valence-electron chi connectivity index (χ1n) is 8.31. The lowest BCUT2D eigenvalue weighted by molar-refractivity contribution is -0.137. The largest absolute Gasteiger partial charge is 0.503 e. The zero-order valence-electron chi connectivity index (χ0n) is 14.8. The van der Waals surface area contributed by atoms with Crippen molar-refractivity contribution in [1.82, 2.24) is 9.80 Å². The molecule has 0 aromatic rings. The van der Waals surface area contributed by atoms with E-state index in [1.807, 2.05) is 0 Å². The quantitative estimate of drug-likeness (QED) is 0.391. The molecular weight excluding hydrogens is 296 g/mol. The summed E-state index contributed by atoms with van der Waals surface area (Å²) in [5.74, 6) is -0.905. The minimum absolute atomic E-state index is 0.0915. The van der Waals surface area contributed by atoms with E-state index in [2.05, 4.69) is 13.8 Å². The van der Waals surface area contributed by atoms with Gasteiger partial charge in [-0.15, -0.1) is 0 Å². The third kappa shape index (κ3) is 4.33. The van der Waals surface area contributed by atoms with E-state index in [0.717, 1.165) is 36.8 Å². The summed E-state index contributed by atoms with van der Waals surface area (Å²) in [5.41, 5.74) is -0.0915. The fourth-order valence-corrected chi connectivity index (χ4v) is 2.68. The lowest BCUT2D eigenvalue weighted by atomic mass is 9.98. The van der Waals surface area contributed by atoms with Crippen molar-refractivity contribution in [3.63, 3.8) is 0 Å². The van der Waals surface area contributed by atoms with Crippen molar-refractivity contribution < 1.29 is 19.1 Å². The van der Waals surface area contributed by atoms with Gasteiger partial charge in [0.15, 0.2) is 0 Å². The Bertz CT molecular complexity index is 485. The lowest BCUT2D eigenvalue weighted by Gasteiger charge is -2.37. The number of carbonyl (C=O) groups excluding carboxylic acids is 3. The number of barbiturate groups is 1. The van der Waals surface area contributed by atoms with Gasteiger partial charge in [0.25, 0.3) is 11.8 Å². The molecule has 1 aliphatic heterocycles. The molecule has 1 saturated heterocycles. The molecule has 4 amide bonds. The van der Waals surface area contributed by atoms with Crippen LogP contribution < -0.4 is 0 Å². The molecule has 0 aromatic heterocycles. The van der Waals surface area contributed by atoms with Crippen molar-refractivity contribution in [3.8, 4) is 0 Å². The van der Waals surface area contributed by atoms with E-state index >= 15 is 0 Å². The van der Waals surface area contributed by atoms with Crippen LogP contribution in [0.3, 0.4) is 0 Å². The van der Waals surface area contributed by atoms with E-state index in [9.17, 15) is 14.4 Å². The van der Waals surface area contributed by atoms with Crippen molar-refractivity contribution in [2.45, 2.75) is 59.4 Å². The molecule has 0 bridgehead atoms. The summed E-state index contributed by atoms with van der Waals surface area (Å²) in [6.07, 6.45) is 5.11. The molecule has 1 rings (SSSR count). The average molecular weight is 324 g/mol. The van der Waals surface area contributed by atoms with Gasteiger partial charge in [0.2, 0.25) is 0 Å². The molecule has 1 heterocycles. The van der Waals surface area contributed by atoms with Crippen molar-refractivity contribution >= 4 is 17.8 Å². The molecule has 0 N–H and O–H groups in total. The average Bonchev–Trinajstić information content (AvgIpc) is 2.50. The number of imide groups is 2. The number of methoxy groups -OCH3 is 1. The van der Waals surface area contributed by atoms with Gasteiger partial charge in [0, 0.05) is 12.6 Å². The van der Waals surface area contributed by atoms with Crippen molar-refractivity contribution in [2.24, 2.45) is 5.92 Å². The third-order valence-electron chi connectivity index (χ3n) is 4.10. The summed E-state index contributed by atoms with van der Waals surface area (Å²) in [4.78, 5) is 39.8. The highest BCUT2D eigenvalue weighted by Gasteiger charge is 2.43. The Kier molecular flexibility index (Phi) is 7.26. The molecule has 23 heavy (non-hydrogen) atoms. The zero-order valence-corrected chi connectivity index (χ0v) is 14.8. The molecule has 6 nitrogen and oxygen atoms in total. The molecule has 0 radical (unpaired) electrons. The number of amides is 4. The van der Waals surface area contributed by atoms with Crippen LogP contribution in [0.2, 0.25) is 0 Å². The molecule has 0 aliphatic carbocycles. The van der Waals surface area contributed by atoms with Crippen LogP contribution in [0, 0.1) is 5.92 Å². The first-order chi connectivity index (χ1) is 10.9. The summed E-state index contributed by atoms with van der Waals surface area (Å²) in [6, 6.07) is -0.847. The van der Waals surface area contributed by atoms with Gasteiger partial charge in [0.05, 0.1) is 7.11 Å². The Morgan fingerprint density at radius 2 is 1.78 bits per heavy atom. The van der Waals surface area contributed by atoms with Gasteiger partial charge in [-0.1, -0.05) is 33.1 Å². The van der Waals surface area contributed by atoms with Crippen LogP contribution >= 0.6 is 0 Å². The molecule has 0 aromatic carbocycles. The standard InChI is InChI=1S/C17H28N2O4/c1-6-8-9-13(7-2)10-18-15(20)14(11-23-5)16(21)19(12(3)4)17(18)22/h11-13H,6-10H2,1-5H3. The smallest absolute Gasteiger partial charge is 0.334 e. The van der Waals surface area contributed by atoms with E-state index in [1.54, 1.807) is 13.8 Å². The Morgan fingerprint density at radius 1 is 1.13 bits per heavy atom. The Labute approximate surface area is 138 Å². The van der Waals surface area contributed by atoms with Crippen LogP contribution in [0.1, 0.15) is 53.4 Å². The second kappa shape index (κ2) is 8.70. The number of carbonyl (C=O) groups is 3. The fourth-order valence-electron chi connectivity index (χ4n) is 2.68. The van der Waals surface area contributed by atoms with Crippen molar-refractivity contribution in [1.29, 1.82) is 0 Å². The Balaban J connectivity index is 3.08. The monoisotopic (exact) mass is 324 g/mol. The van der Waals surface area contributed by atoms with Gasteiger partial charge in [0.1, 0.15) is 11.8 Å². The summed E-state index contributed by atoms with van der Waals surface area (Å²) in [7, 11) is 1.38. The number of ether oxygens (including phenoxy) is 1. The van der Waals surface area contributed by atoms with E-state index in [0.29, 0.717) is 6.54 Å². The van der Waals surface area contributed by atoms with Crippen LogP contribution in [0.25, 0.3) is 0 Å². The minimum atomic E-state index is -0.588. The maximum atomic E-state index is 12.6. The highest BCUT2D eigenvalue weighted by molar-refractivity contribution is 6.28. The van der Waals surface area contributed by atoms with E-state index in [-0.39, 0.29) is 17.5 Å². The number of hydrogen-bond acceptors (Lipinski definition) is 4. The fraction of sp³-hybridized carbons (Fsp3) is 0.706. The topological polar surface area (TPSA) is 66.9 Å². The van der Waals surface area contributed by atoms with E-state index < -0.39 is 17.8 Å². The summed E-state index contributed by atoms with van der Waals surface area (Å²) in [6.45, 7) is 8.01. The normalized spacial score (nSPS) is 19.0. The first kappa shape index (κ1) is 19.2. The maximum Gasteiger partial charge on any atom is 0.334 e. The van der Waals surface area contributed by atoms with Crippen molar-refractivity contribution in [3.05, 3.63) is 11.8 Å². The van der Waals surface area contributed by atoms with Crippen LogP contribution in [0.15, 0.2) is 11.8 Å². The molecule has 130 valence electrons. The molecule has 1 fully saturated rings. The number of rotatable bonds is 8. The van der Waals surface area contributed by atoms with Gasteiger partial charge in [-0.25, -0.2) is 4.79 Å². The van der Waals surface area contributed by atoms with Crippen LogP contribution in [0.5, 0.6) is 0 Å². The molecule has 0 spiro atoms. The Morgan fingerprint density at radius 3 is 2.26 bits per heavy atom. The van der Waals surface area contributed by atoms with Crippen LogP contribution in [-0.2, 0) is 14.3 Å². The van der Waals surface area contributed by atoms with Gasteiger partial charge in [-0.3, -0.25) is 19.4 Å². The maximum absolute atomic E-state index is 12.6. The Hall–Kier alpha value is -1.85. The second-order valence-electron chi connectivity index (χ2n) is 6.15. The molecule has 1 aliphatic rings. The second-order valence-corrected chi connectivity index (χ2v) is 6.15. The van der Waals surface area contributed by atoms with Gasteiger partial charge < -0.3 is 4.74 Å². The summed E-state index contributed by atoms with van der Waals surface area (Å²) in [5, 5.41) is 0. The highest BCUT2D eigenvalue weighted by atomic mass is 16.5. The number of hydrogen-bond donors (Lipinski definition) is 0. The summed E-state index contributed by atoms with van der Waals surface area (Å²) >= 11 is 0. The van der Waals surface area contributed by atoms with E-state index in [4.69, 9.17) is 4.74 Å². The SMILES string of the molecule is CCCCC(CC)CN1C(=O)C(=COC)C(=O)N(C(C)C)C1=O. The van der Waals surface area contributed by atoms with Gasteiger partial charge >= 0.3 is 6.03 Å². The van der Waals surface area contributed by atoms with Crippen molar-refractivity contribution in [2.75, 3.05) is 13.7 Å². The summed E-state index contributed by atoms with van der Waals surface area (Å²) < 4.78 is 4.86. The third-order valence-corrected chi connectivity index (χ3v) is 4.10. The molecule has 1 atom stereocenters. The number of unbranched alkanes of at least 4 members (excludes halogenated alkanes) is 1. The zero-order chi connectivity index (χ0) is 17.6. The van der Waals surface area contributed by atoms with Gasteiger partial charge in [-0.05, 0) is 26.2 Å². The molecular formula is C17H28N2O4. The van der Waals surface area contributed by atoms with Gasteiger partial charge in [-0.2, -0.15) is 0 Å². The minimum Gasteiger partial charge on any atom is -0.503 e. The lowest BCUT2D eigenvalue weighted by Crippen LogP contribution is -2.59. The first-order valence-corrected chi connectivity index (χ1v) is 8.31. The van der Waals surface area contributed by atoms with Crippen LogP contribution in [-0.4, -0.2) is 47.3 Å². The predicted molar refractivity (Wildman–Crippen MR) is 87.5 cm³/mol. The molecule has 1 unspecified atom stereocenters. The molecule has 0 saturated carbocycles. The van der Waals surface area contributed by atoms with E-state index in [1.165, 1.54) is 12.0 Å². The molecule has 6 heteroatoms. The number of nitrogens with zero attached hydrogens (tertiary/aromatic N) is 2. The van der Waals surface area contributed by atoms with Crippen LogP contribution in [0.4, 0.5) is 4.79 Å². The predicted octanol–water partition coefficient (Wildman–Crippen LogP) is 2.93. The highest BCUT2D eigenvalue weighted by Crippen LogP contribution is 2.23.